The molecule has 2 atom stereocenters. The van der Waals surface area contributed by atoms with Crippen molar-refractivity contribution in [2.75, 3.05) is 0 Å². The number of allylic oxidation sites excluding steroid dienone is 6. The predicted molar refractivity (Wildman–Crippen MR) is 81.2 cm³/mol. The van der Waals surface area contributed by atoms with Crippen LogP contribution in [0, 0.1) is 11.8 Å². The van der Waals surface area contributed by atoms with E-state index in [4.69, 9.17) is 4.84 Å². The van der Waals surface area contributed by atoms with E-state index in [1.807, 2.05) is 6.07 Å². The van der Waals surface area contributed by atoms with Crippen LogP contribution in [0.25, 0.3) is 0 Å². The highest BCUT2D eigenvalue weighted by Crippen LogP contribution is 2.46. The number of benzene rings is 1. The van der Waals surface area contributed by atoms with Crippen LogP contribution in [0.15, 0.2) is 70.9 Å². The van der Waals surface area contributed by atoms with Gasteiger partial charge in [0, 0.05) is 17.4 Å². The van der Waals surface area contributed by atoms with E-state index in [2.05, 4.69) is 17.3 Å². The second-order valence-electron chi connectivity index (χ2n) is 5.58. The molecule has 0 heterocycles. The van der Waals surface area contributed by atoms with Crippen molar-refractivity contribution in [1.82, 2.24) is 0 Å². The molecule has 2 unspecified atom stereocenters. The van der Waals surface area contributed by atoms with E-state index in [1.165, 1.54) is 6.08 Å². The first-order valence-electron chi connectivity index (χ1n) is 7.23. The van der Waals surface area contributed by atoms with E-state index in [0.717, 1.165) is 17.6 Å². The maximum absolute atomic E-state index is 12.0. The van der Waals surface area contributed by atoms with Gasteiger partial charge in [0.25, 0.3) is 0 Å². The fraction of sp³-hybridized carbons (Fsp3) is 0.167. The summed E-state index contributed by atoms with van der Waals surface area (Å²) in [5, 5.41) is 3.99. The van der Waals surface area contributed by atoms with Crippen molar-refractivity contribution in [3.63, 3.8) is 0 Å². The lowest BCUT2D eigenvalue weighted by atomic mass is 9.87. The van der Waals surface area contributed by atoms with Gasteiger partial charge in [0.2, 0.25) is 0 Å². The number of rotatable bonds is 2. The van der Waals surface area contributed by atoms with Crippen molar-refractivity contribution in [2.24, 2.45) is 17.0 Å². The van der Waals surface area contributed by atoms with Gasteiger partial charge in [-0.2, -0.15) is 0 Å². The van der Waals surface area contributed by atoms with E-state index in [1.54, 1.807) is 30.3 Å². The topological polar surface area (TPSA) is 55.7 Å². The summed E-state index contributed by atoms with van der Waals surface area (Å²) in [5.41, 5.74) is 2.76. The first kappa shape index (κ1) is 13.0. The van der Waals surface area contributed by atoms with Gasteiger partial charge in [0.1, 0.15) is 5.71 Å². The third-order valence-corrected chi connectivity index (χ3v) is 4.29. The zero-order valence-electron chi connectivity index (χ0n) is 11.7. The van der Waals surface area contributed by atoms with Crippen LogP contribution in [0.1, 0.15) is 16.8 Å². The van der Waals surface area contributed by atoms with Gasteiger partial charge in [-0.15, -0.1) is 0 Å². The zero-order valence-corrected chi connectivity index (χ0v) is 11.7. The number of hydrogen-bond donors (Lipinski definition) is 0. The first-order valence-corrected chi connectivity index (χ1v) is 7.23. The van der Waals surface area contributed by atoms with Crippen LogP contribution in [0.5, 0.6) is 0 Å². The lowest BCUT2D eigenvalue weighted by molar-refractivity contribution is -0.111. The standard InChI is InChI=1S/C18H13NO3/c20-15-9-8-14(16-12-6-7-13(10-12)17(15)16)19-22-18(21)11-4-2-1-3-5-11/h1-9,12-13H,10H2. The van der Waals surface area contributed by atoms with Crippen molar-refractivity contribution in [1.29, 1.82) is 0 Å². The Bertz CT molecular complexity index is 784. The molecule has 4 rings (SSSR count). The van der Waals surface area contributed by atoms with Crippen molar-refractivity contribution >= 4 is 17.5 Å². The molecule has 1 aromatic carbocycles. The molecule has 0 radical (unpaired) electrons. The Morgan fingerprint density at radius 1 is 1.05 bits per heavy atom. The molecule has 3 aliphatic rings. The highest BCUT2D eigenvalue weighted by molar-refractivity contribution is 6.23. The summed E-state index contributed by atoms with van der Waals surface area (Å²) in [4.78, 5) is 29.0. The van der Waals surface area contributed by atoms with E-state index in [0.29, 0.717) is 11.3 Å². The molecule has 0 saturated carbocycles. The van der Waals surface area contributed by atoms with Crippen molar-refractivity contribution in [3.8, 4) is 0 Å². The maximum atomic E-state index is 12.0. The smallest absolute Gasteiger partial charge is 0.312 e. The summed E-state index contributed by atoms with van der Waals surface area (Å²) in [7, 11) is 0. The summed E-state index contributed by atoms with van der Waals surface area (Å²) in [5.74, 6) is -0.0602. The van der Waals surface area contributed by atoms with Gasteiger partial charge >= 0.3 is 5.97 Å². The van der Waals surface area contributed by atoms with Crippen LogP contribution in [0.2, 0.25) is 0 Å². The number of fused-ring (bicyclic) bond motifs is 4. The summed E-state index contributed by atoms with van der Waals surface area (Å²) < 4.78 is 0. The minimum absolute atomic E-state index is 0.0418. The van der Waals surface area contributed by atoms with E-state index in [-0.39, 0.29) is 17.6 Å². The average molecular weight is 291 g/mol. The van der Waals surface area contributed by atoms with E-state index < -0.39 is 5.97 Å². The largest absolute Gasteiger partial charge is 0.365 e. The molecule has 108 valence electrons. The normalized spacial score (nSPS) is 26.7. The molecular weight excluding hydrogens is 278 g/mol. The average Bonchev–Trinajstić information content (AvgIpc) is 3.17. The molecule has 2 bridgehead atoms. The second kappa shape index (κ2) is 4.91. The molecule has 0 N–H and O–H groups in total. The Hall–Kier alpha value is -2.75. The second-order valence-corrected chi connectivity index (χ2v) is 5.58. The summed E-state index contributed by atoms with van der Waals surface area (Å²) in [6.45, 7) is 0. The summed E-state index contributed by atoms with van der Waals surface area (Å²) in [6.07, 6.45) is 8.24. The van der Waals surface area contributed by atoms with Crippen molar-refractivity contribution < 1.29 is 14.4 Å². The molecule has 0 fully saturated rings. The van der Waals surface area contributed by atoms with Gasteiger partial charge in [-0.3, -0.25) is 4.79 Å². The lowest BCUT2D eigenvalue weighted by Gasteiger charge is -2.17. The molecule has 22 heavy (non-hydrogen) atoms. The molecule has 4 nitrogen and oxygen atoms in total. The van der Waals surface area contributed by atoms with Crippen LogP contribution in [0.4, 0.5) is 0 Å². The molecule has 0 amide bonds. The Morgan fingerprint density at radius 2 is 1.77 bits per heavy atom. The van der Waals surface area contributed by atoms with Crippen LogP contribution in [-0.4, -0.2) is 17.5 Å². The van der Waals surface area contributed by atoms with E-state index >= 15 is 0 Å². The molecule has 3 aliphatic carbocycles. The Labute approximate surface area is 127 Å². The van der Waals surface area contributed by atoms with Gasteiger partial charge in [-0.25, -0.2) is 4.79 Å². The molecule has 0 aliphatic heterocycles. The minimum Gasteiger partial charge on any atom is -0.312 e. The zero-order chi connectivity index (χ0) is 15.1. The molecule has 0 aromatic heterocycles. The maximum Gasteiger partial charge on any atom is 0.365 e. The van der Waals surface area contributed by atoms with Gasteiger partial charge in [-0.1, -0.05) is 35.5 Å². The van der Waals surface area contributed by atoms with Gasteiger partial charge in [0.05, 0.1) is 5.56 Å². The van der Waals surface area contributed by atoms with E-state index in [9.17, 15) is 9.59 Å². The fourth-order valence-corrected chi connectivity index (χ4v) is 3.30. The van der Waals surface area contributed by atoms with Crippen LogP contribution in [-0.2, 0) is 9.63 Å². The number of carbonyl (C=O) groups excluding carboxylic acids is 2. The van der Waals surface area contributed by atoms with Crippen LogP contribution in [0.3, 0.4) is 0 Å². The number of nitrogens with zero attached hydrogens (tertiary/aromatic N) is 1. The van der Waals surface area contributed by atoms with Gasteiger partial charge in [0.15, 0.2) is 5.78 Å². The molecule has 4 heteroatoms. The van der Waals surface area contributed by atoms with Gasteiger partial charge in [-0.05, 0) is 36.3 Å². The predicted octanol–water partition coefficient (Wildman–Crippen LogP) is 2.84. The van der Waals surface area contributed by atoms with Crippen LogP contribution >= 0.6 is 0 Å². The molecule has 0 spiro atoms. The van der Waals surface area contributed by atoms with Crippen molar-refractivity contribution in [2.45, 2.75) is 6.42 Å². The lowest BCUT2D eigenvalue weighted by Crippen LogP contribution is -2.18. The summed E-state index contributed by atoms with van der Waals surface area (Å²) in [6, 6.07) is 8.72. The summed E-state index contributed by atoms with van der Waals surface area (Å²) >= 11 is 0. The highest BCUT2D eigenvalue weighted by atomic mass is 16.7. The SMILES string of the molecule is O=C1C=CC(=NOC(=O)c2ccccc2)C2=C1C1C=CC2C1. The molecule has 0 saturated heterocycles. The monoisotopic (exact) mass is 291 g/mol. The Balaban J connectivity index is 1.60. The fourth-order valence-electron chi connectivity index (χ4n) is 3.30. The minimum atomic E-state index is -0.501. The number of ketones is 1. The third-order valence-electron chi connectivity index (χ3n) is 4.29. The number of hydrogen-bond acceptors (Lipinski definition) is 4. The highest BCUT2D eigenvalue weighted by Gasteiger charge is 2.41. The van der Waals surface area contributed by atoms with Gasteiger partial charge < -0.3 is 4.84 Å². The Kier molecular flexibility index (Phi) is 2.89. The van der Waals surface area contributed by atoms with Crippen LogP contribution < -0.4 is 0 Å². The van der Waals surface area contributed by atoms with Crippen molar-refractivity contribution in [3.05, 3.63) is 71.3 Å². The Morgan fingerprint density at radius 3 is 2.55 bits per heavy atom. The number of oxime groups is 1. The third kappa shape index (κ3) is 1.96. The number of carbonyl (C=O) groups is 2. The molecular formula is C18H13NO3. The quantitative estimate of drug-likeness (QED) is 0.364. The first-order chi connectivity index (χ1) is 10.7. The molecule has 1 aromatic rings.